The van der Waals surface area contributed by atoms with Gasteiger partial charge in [0.1, 0.15) is 0 Å². The summed E-state index contributed by atoms with van der Waals surface area (Å²) in [6.07, 6.45) is 0. The summed E-state index contributed by atoms with van der Waals surface area (Å²) in [4.78, 5) is 20.8. The highest BCUT2D eigenvalue weighted by atomic mass is 35.5. The number of aromatic amines is 1. The average molecular weight is 444 g/mol. The Morgan fingerprint density at radius 3 is 2.53 bits per heavy atom. The Hall–Kier alpha value is -2.54. The van der Waals surface area contributed by atoms with E-state index in [2.05, 4.69) is 34.4 Å². The number of fused-ring (bicyclic) bond motifs is 3. The first kappa shape index (κ1) is 20.7. The van der Waals surface area contributed by atoms with Gasteiger partial charge in [0, 0.05) is 25.3 Å². The molecule has 30 heavy (non-hydrogen) atoms. The van der Waals surface area contributed by atoms with Gasteiger partial charge in [-0.3, -0.25) is 4.79 Å². The molecule has 2 aromatic heterocycles. The molecule has 3 N–H and O–H groups in total. The van der Waals surface area contributed by atoms with Crippen molar-refractivity contribution in [3.05, 3.63) is 62.0 Å². The Balaban J connectivity index is 1.88. The number of halogens is 2. The van der Waals surface area contributed by atoms with Crippen molar-refractivity contribution >= 4 is 56.6 Å². The van der Waals surface area contributed by atoms with Crippen molar-refractivity contribution in [1.29, 1.82) is 0 Å². The fourth-order valence-electron chi connectivity index (χ4n) is 3.63. The van der Waals surface area contributed by atoms with Crippen molar-refractivity contribution in [2.45, 2.75) is 33.4 Å². The van der Waals surface area contributed by atoms with Gasteiger partial charge in [-0.25, -0.2) is 4.98 Å². The zero-order valence-electron chi connectivity index (χ0n) is 17.2. The van der Waals surface area contributed by atoms with Gasteiger partial charge >= 0.3 is 0 Å². The molecule has 2 aromatic carbocycles. The van der Waals surface area contributed by atoms with Crippen molar-refractivity contribution in [2.75, 3.05) is 5.32 Å². The number of imidazole rings is 1. The normalized spacial score (nSPS) is 11.7. The molecular weight excluding hydrogens is 421 g/mol. The first-order valence-electron chi connectivity index (χ1n) is 9.73. The van der Waals surface area contributed by atoms with Crippen molar-refractivity contribution in [1.82, 2.24) is 19.9 Å². The largest absolute Gasteiger partial charge is 0.324 e. The lowest BCUT2D eigenvalue weighted by atomic mass is 10.0. The molecule has 8 heteroatoms. The zero-order chi connectivity index (χ0) is 21.6. The van der Waals surface area contributed by atoms with E-state index in [1.807, 2.05) is 30.7 Å². The number of aromatic nitrogens is 3. The number of anilines is 2. The lowest BCUT2D eigenvalue weighted by Gasteiger charge is -2.13. The molecule has 0 saturated carbocycles. The Bertz CT molecular complexity index is 1300. The Morgan fingerprint density at radius 1 is 1.17 bits per heavy atom. The fourth-order valence-corrected chi connectivity index (χ4v) is 4.12. The first-order valence-corrected chi connectivity index (χ1v) is 10.5. The minimum Gasteiger partial charge on any atom is -0.324 e. The first-order chi connectivity index (χ1) is 14.3. The lowest BCUT2D eigenvalue weighted by Crippen LogP contribution is -2.25. The summed E-state index contributed by atoms with van der Waals surface area (Å²) in [7, 11) is 1.87. The van der Waals surface area contributed by atoms with Gasteiger partial charge < -0.3 is 20.2 Å². The number of nitrogens with one attached hydrogen (secondary N) is 3. The van der Waals surface area contributed by atoms with Crippen LogP contribution in [-0.2, 0) is 13.6 Å². The highest BCUT2D eigenvalue weighted by Crippen LogP contribution is 2.34. The maximum atomic E-state index is 13.1. The number of benzene rings is 2. The minimum atomic E-state index is -0.132. The highest BCUT2D eigenvalue weighted by Gasteiger charge is 2.17. The van der Waals surface area contributed by atoms with Crippen LogP contribution >= 0.6 is 23.2 Å². The monoisotopic (exact) mass is 443 g/mol. The van der Waals surface area contributed by atoms with Crippen molar-refractivity contribution < 1.29 is 0 Å². The van der Waals surface area contributed by atoms with Crippen LogP contribution in [0, 0.1) is 6.92 Å². The van der Waals surface area contributed by atoms with Crippen LogP contribution in [0.1, 0.15) is 25.1 Å². The molecule has 0 bridgehead atoms. The molecule has 0 amide bonds. The molecule has 0 fully saturated rings. The van der Waals surface area contributed by atoms with E-state index in [1.165, 1.54) is 0 Å². The third kappa shape index (κ3) is 3.55. The second kappa shape index (κ2) is 7.95. The second-order valence-corrected chi connectivity index (χ2v) is 8.48. The molecule has 0 saturated heterocycles. The van der Waals surface area contributed by atoms with Crippen molar-refractivity contribution in [3.63, 3.8) is 0 Å². The predicted octanol–water partition coefficient (Wildman–Crippen LogP) is 5.27. The summed E-state index contributed by atoms with van der Waals surface area (Å²) in [5.74, 6) is 0.551. The molecule has 6 nitrogen and oxygen atoms in total. The molecule has 0 spiro atoms. The van der Waals surface area contributed by atoms with Crippen LogP contribution in [0.4, 0.5) is 11.6 Å². The fraction of sp³-hybridized carbons (Fsp3) is 0.273. The smallest absolute Gasteiger partial charge is 0.258 e. The van der Waals surface area contributed by atoms with E-state index < -0.39 is 0 Å². The maximum absolute atomic E-state index is 13.1. The number of aryl methyl sites for hydroxylation is 2. The zero-order valence-corrected chi connectivity index (χ0v) is 18.7. The molecule has 0 unspecified atom stereocenters. The predicted molar refractivity (Wildman–Crippen MR) is 125 cm³/mol. The summed E-state index contributed by atoms with van der Waals surface area (Å²) >= 11 is 12.6. The van der Waals surface area contributed by atoms with Gasteiger partial charge in [0.2, 0.25) is 5.95 Å². The number of pyridine rings is 1. The highest BCUT2D eigenvalue weighted by molar-refractivity contribution is 6.39. The molecule has 0 aliphatic rings. The number of hydrogen-bond acceptors (Lipinski definition) is 4. The van der Waals surface area contributed by atoms with E-state index in [4.69, 9.17) is 23.2 Å². The molecule has 2 heterocycles. The van der Waals surface area contributed by atoms with Gasteiger partial charge in [-0.05, 0) is 36.1 Å². The van der Waals surface area contributed by atoms with Gasteiger partial charge in [-0.1, -0.05) is 49.2 Å². The van der Waals surface area contributed by atoms with Crippen LogP contribution in [0.5, 0.6) is 0 Å². The Labute approximate surface area is 184 Å². The SMILES string of the molecule is Cc1c(CNC(C)C)[nH]c(=O)c2c1ccc1nc(Nc3c(Cl)cccc3Cl)n(C)c12. The second-order valence-electron chi connectivity index (χ2n) is 7.67. The molecule has 0 aliphatic carbocycles. The van der Waals surface area contributed by atoms with Crippen molar-refractivity contribution in [3.8, 4) is 0 Å². The summed E-state index contributed by atoms with van der Waals surface area (Å²) in [5.41, 5.74) is 3.86. The van der Waals surface area contributed by atoms with E-state index in [0.717, 1.165) is 22.2 Å². The van der Waals surface area contributed by atoms with Gasteiger partial charge in [0.05, 0.1) is 32.2 Å². The van der Waals surface area contributed by atoms with Crippen LogP contribution < -0.4 is 16.2 Å². The number of nitrogens with zero attached hydrogens (tertiary/aromatic N) is 2. The van der Waals surface area contributed by atoms with Crippen LogP contribution in [0.15, 0.2) is 35.1 Å². The minimum absolute atomic E-state index is 0.132. The molecule has 156 valence electrons. The van der Waals surface area contributed by atoms with Crippen LogP contribution in [0.3, 0.4) is 0 Å². The maximum Gasteiger partial charge on any atom is 0.258 e. The van der Waals surface area contributed by atoms with E-state index in [1.54, 1.807) is 18.2 Å². The molecule has 0 radical (unpaired) electrons. The van der Waals surface area contributed by atoms with E-state index >= 15 is 0 Å². The van der Waals surface area contributed by atoms with E-state index in [0.29, 0.717) is 45.2 Å². The van der Waals surface area contributed by atoms with Gasteiger partial charge in [0.15, 0.2) is 0 Å². The number of rotatable bonds is 5. The Morgan fingerprint density at radius 2 is 1.87 bits per heavy atom. The molecular formula is C22H23Cl2N5O. The lowest BCUT2D eigenvalue weighted by molar-refractivity contribution is 0.579. The summed E-state index contributed by atoms with van der Waals surface area (Å²) < 4.78 is 1.86. The van der Waals surface area contributed by atoms with Gasteiger partial charge in [-0.15, -0.1) is 0 Å². The summed E-state index contributed by atoms with van der Waals surface area (Å²) in [6, 6.07) is 9.52. The average Bonchev–Trinajstić information content (AvgIpc) is 3.01. The molecule has 0 aliphatic heterocycles. The van der Waals surface area contributed by atoms with Gasteiger partial charge in [0.25, 0.3) is 5.56 Å². The topological polar surface area (TPSA) is 74.7 Å². The molecule has 0 atom stereocenters. The van der Waals surface area contributed by atoms with Gasteiger partial charge in [-0.2, -0.15) is 0 Å². The third-order valence-corrected chi connectivity index (χ3v) is 5.90. The summed E-state index contributed by atoms with van der Waals surface area (Å²) in [5, 5.41) is 9.09. The van der Waals surface area contributed by atoms with E-state index in [9.17, 15) is 4.79 Å². The quantitative estimate of drug-likeness (QED) is 0.392. The Kier molecular flexibility index (Phi) is 5.49. The number of hydrogen-bond donors (Lipinski definition) is 3. The third-order valence-electron chi connectivity index (χ3n) is 5.27. The standard InChI is InChI=1S/C22H23Cl2N5O/c1-11(2)25-10-17-12(3)13-8-9-16-20(18(13)21(30)26-17)29(4)22(27-16)28-19-14(23)6-5-7-15(19)24/h5-9,11,25H,10H2,1-4H3,(H,26,30)(H,27,28). The van der Waals surface area contributed by atoms with Crippen LogP contribution in [-0.4, -0.2) is 20.6 Å². The number of H-pyrrole nitrogens is 1. The summed E-state index contributed by atoms with van der Waals surface area (Å²) in [6.45, 7) is 6.79. The molecule has 4 rings (SSSR count). The van der Waals surface area contributed by atoms with Crippen LogP contribution in [0.25, 0.3) is 21.8 Å². The molecule has 4 aromatic rings. The van der Waals surface area contributed by atoms with Crippen molar-refractivity contribution in [2.24, 2.45) is 7.05 Å². The number of para-hydroxylation sites is 1. The van der Waals surface area contributed by atoms with E-state index in [-0.39, 0.29) is 5.56 Å². The van der Waals surface area contributed by atoms with Crippen LogP contribution in [0.2, 0.25) is 10.0 Å².